The molecule has 1 aromatic carbocycles. The molecular weight excluding hydrogens is 317 g/mol. The first kappa shape index (κ1) is 15.7. The van der Waals surface area contributed by atoms with Gasteiger partial charge in [0.15, 0.2) is 5.82 Å². The van der Waals surface area contributed by atoms with Gasteiger partial charge in [-0.25, -0.2) is 4.39 Å². The van der Waals surface area contributed by atoms with Crippen LogP contribution in [-0.4, -0.2) is 33.1 Å². The van der Waals surface area contributed by atoms with Crippen LogP contribution in [0.1, 0.15) is 12.0 Å². The fourth-order valence-electron chi connectivity index (χ4n) is 3.39. The number of rotatable bonds is 4. The van der Waals surface area contributed by atoms with Gasteiger partial charge in [0.25, 0.3) is 0 Å². The van der Waals surface area contributed by atoms with Crippen LogP contribution in [0.25, 0.3) is 11.3 Å². The smallest absolute Gasteiger partial charge is 0.151 e. The molecule has 0 amide bonds. The van der Waals surface area contributed by atoms with Crippen molar-refractivity contribution in [1.29, 1.82) is 0 Å². The first-order valence-electron chi connectivity index (χ1n) is 8.49. The summed E-state index contributed by atoms with van der Waals surface area (Å²) < 4.78 is 14.9. The van der Waals surface area contributed by atoms with Crippen LogP contribution < -0.4 is 4.90 Å². The van der Waals surface area contributed by atoms with Crippen molar-refractivity contribution in [3.05, 3.63) is 60.2 Å². The molecule has 1 fully saturated rings. The SMILES string of the molecule is Cn1cc(CC2CCN(c3ccc(-c4ccc(F)cc4)nn3)C2)cn1. The molecule has 3 aromatic rings. The van der Waals surface area contributed by atoms with Crippen LogP contribution in [0.15, 0.2) is 48.8 Å². The van der Waals surface area contributed by atoms with E-state index < -0.39 is 0 Å². The Hall–Kier alpha value is -2.76. The molecule has 0 radical (unpaired) electrons. The number of anilines is 1. The molecule has 128 valence electrons. The lowest BCUT2D eigenvalue weighted by Crippen LogP contribution is -2.21. The summed E-state index contributed by atoms with van der Waals surface area (Å²) in [7, 11) is 1.95. The molecule has 0 N–H and O–H groups in total. The summed E-state index contributed by atoms with van der Waals surface area (Å²) in [6.07, 6.45) is 6.22. The Labute approximate surface area is 146 Å². The Bertz CT molecular complexity index is 841. The predicted octanol–water partition coefficient (Wildman–Crippen LogP) is 3.09. The second-order valence-corrected chi connectivity index (χ2v) is 6.61. The van der Waals surface area contributed by atoms with Crippen LogP contribution in [0.4, 0.5) is 10.2 Å². The maximum Gasteiger partial charge on any atom is 0.151 e. The van der Waals surface area contributed by atoms with Gasteiger partial charge < -0.3 is 4.90 Å². The minimum absolute atomic E-state index is 0.245. The molecule has 1 atom stereocenters. The minimum Gasteiger partial charge on any atom is -0.355 e. The van der Waals surface area contributed by atoms with Gasteiger partial charge in [-0.15, -0.1) is 10.2 Å². The Kier molecular flexibility index (Phi) is 4.17. The molecule has 0 bridgehead atoms. The van der Waals surface area contributed by atoms with Gasteiger partial charge in [-0.3, -0.25) is 4.68 Å². The normalized spacial score (nSPS) is 17.2. The van der Waals surface area contributed by atoms with Crippen molar-refractivity contribution in [2.45, 2.75) is 12.8 Å². The van der Waals surface area contributed by atoms with E-state index >= 15 is 0 Å². The summed E-state index contributed by atoms with van der Waals surface area (Å²) in [5, 5.41) is 12.9. The van der Waals surface area contributed by atoms with E-state index in [0.717, 1.165) is 43.0 Å². The quantitative estimate of drug-likeness (QED) is 0.734. The molecule has 0 aliphatic carbocycles. The molecule has 2 aromatic heterocycles. The van der Waals surface area contributed by atoms with E-state index in [1.54, 1.807) is 12.1 Å². The predicted molar refractivity (Wildman–Crippen MR) is 94.7 cm³/mol. The van der Waals surface area contributed by atoms with E-state index in [-0.39, 0.29) is 5.82 Å². The number of nitrogens with zero attached hydrogens (tertiary/aromatic N) is 5. The Morgan fingerprint density at radius 1 is 1.12 bits per heavy atom. The molecule has 0 spiro atoms. The third-order valence-corrected chi connectivity index (χ3v) is 4.68. The third-order valence-electron chi connectivity index (χ3n) is 4.68. The first-order valence-corrected chi connectivity index (χ1v) is 8.49. The van der Waals surface area contributed by atoms with Gasteiger partial charge in [0.1, 0.15) is 5.82 Å². The molecule has 1 aliphatic heterocycles. The highest BCUT2D eigenvalue weighted by atomic mass is 19.1. The zero-order valence-corrected chi connectivity index (χ0v) is 14.1. The number of hydrogen-bond acceptors (Lipinski definition) is 4. The van der Waals surface area contributed by atoms with Crippen LogP contribution >= 0.6 is 0 Å². The summed E-state index contributed by atoms with van der Waals surface area (Å²) >= 11 is 0. The van der Waals surface area contributed by atoms with Crippen molar-refractivity contribution in [1.82, 2.24) is 20.0 Å². The zero-order chi connectivity index (χ0) is 17.2. The van der Waals surface area contributed by atoms with E-state index in [1.165, 1.54) is 17.7 Å². The summed E-state index contributed by atoms with van der Waals surface area (Å²) in [6.45, 7) is 1.98. The second kappa shape index (κ2) is 6.63. The molecule has 1 unspecified atom stereocenters. The number of benzene rings is 1. The minimum atomic E-state index is -0.245. The second-order valence-electron chi connectivity index (χ2n) is 6.61. The highest BCUT2D eigenvalue weighted by Crippen LogP contribution is 2.25. The summed E-state index contributed by atoms with van der Waals surface area (Å²) in [5.74, 6) is 1.27. The molecule has 5 nitrogen and oxygen atoms in total. The Balaban J connectivity index is 1.41. The van der Waals surface area contributed by atoms with Crippen LogP contribution in [-0.2, 0) is 13.5 Å². The zero-order valence-electron chi connectivity index (χ0n) is 14.1. The van der Waals surface area contributed by atoms with Crippen molar-refractivity contribution in [2.24, 2.45) is 13.0 Å². The molecule has 4 rings (SSSR count). The van der Waals surface area contributed by atoms with Gasteiger partial charge in [-0.05, 0) is 60.7 Å². The lowest BCUT2D eigenvalue weighted by Gasteiger charge is -2.17. The highest BCUT2D eigenvalue weighted by Gasteiger charge is 2.24. The van der Waals surface area contributed by atoms with Gasteiger partial charge in [0.05, 0.1) is 11.9 Å². The maximum atomic E-state index is 13.0. The average molecular weight is 337 g/mol. The van der Waals surface area contributed by atoms with Crippen LogP contribution in [0, 0.1) is 11.7 Å². The molecule has 6 heteroatoms. The topological polar surface area (TPSA) is 46.8 Å². The van der Waals surface area contributed by atoms with Crippen molar-refractivity contribution in [3.8, 4) is 11.3 Å². The van der Waals surface area contributed by atoms with Gasteiger partial charge >= 0.3 is 0 Å². The Morgan fingerprint density at radius 2 is 1.96 bits per heavy atom. The molecule has 1 aliphatic rings. The van der Waals surface area contributed by atoms with Crippen LogP contribution in [0.3, 0.4) is 0 Å². The van der Waals surface area contributed by atoms with E-state index in [4.69, 9.17) is 0 Å². The largest absolute Gasteiger partial charge is 0.355 e. The molecule has 1 saturated heterocycles. The van der Waals surface area contributed by atoms with Crippen LogP contribution in [0.5, 0.6) is 0 Å². The van der Waals surface area contributed by atoms with Gasteiger partial charge in [-0.2, -0.15) is 5.10 Å². The summed E-state index contributed by atoms with van der Waals surface area (Å²) in [6, 6.07) is 10.3. The number of hydrogen-bond donors (Lipinski definition) is 0. The average Bonchev–Trinajstić information content (AvgIpc) is 3.25. The van der Waals surface area contributed by atoms with Crippen LogP contribution in [0.2, 0.25) is 0 Å². The maximum absolute atomic E-state index is 13.0. The standard InChI is InChI=1S/C19H20FN5/c1-24-12-15(11-21-24)10-14-8-9-25(13-14)19-7-6-18(22-23-19)16-2-4-17(20)5-3-16/h2-7,11-12,14H,8-10,13H2,1H3. The number of halogens is 1. The van der Waals surface area contributed by atoms with Crippen molar-refractivity contribution < 1.29 is 4.39 Å². The van der Waals surface area contributed by atoms with Crippen molar-refractivity contribution in [2.75, 3.05) is 18.0 Å². The van der Waals surface area contributed by atoms with Gasteiger partial charge in [0.2, 0.25) is 0 Å². The van der Waals surface area contributed by atoms with E-state index in [2.05, 4.69) is 26.4 Å². The third kappa shape index (κ3) is 3.52. The fourth-order valence-corrected chi connectivity index (χ4v) is 3.39. The summed E-state index contributed by atoms with van der Waals surface area (Å²) in [5.41, 5.74) is 2.92. The first-order chi connectivity index (χ1) is 12.2. The van der Waals surface area contributed by atoms with E-state index in [1.807, 2.05) is 30.1 Å². The molecule has 0 saturated carbocycles. The number of aryl methyl sites for hydroxylation is 1. The highest BCUT2D eigenvalue weighted by molar-refractivity contribution is 5.59. The van der Waals surface area contributed by atoms with Crippen molar-refractivity contribution in [3.63, 3.8) is 0 Å². The monoisotopic (exact) mass is 337 g/mol. The molecular formula is C19H20FN5. The fraction of sp³-hybridized carbons (Fsp3) is 0.316. The number of aromatic nitrogens is 4. The van der Waals surface area contributed by atoms with Crippen molar-refractivity contribution >= 4 is 5.82 Å². The van der Waals surface area contributed by atoms with E-state index in [9.17, 15) is 4.39 Å². The molecule has 3 heterocycles. The summed E-state index contributed by atoms with van der Waals surface area (Å²) in [4.78, 5) is 2.28. The lowest BCUT2D eigenvalue weighted by molar-refractivity contribution is 0.585. The van der Waals surface area contributed by atoms with Gasteiger partial charge in [-0.1, -0.05) is 0 Å². The Morgan fingerprint density at radius 3 is 2.64 bits per heavy atom. The van der Waals surface area contributed by atoms with Gasteiger partial charge in [0, 0.05) is 31.9 Å². The molecule has 25 heavy (non-hydrogen) atoms. The lowest BCUT2D eigenvalue weighted by atomic mass is 10.0. The van der Waals surface area contributed by atoms with E-state index in [0.29, 0.717) is 5.92 Å².